The molecule has 0 radical (unpaired) electrons. The summed E-state index contributed by atoms with van der Waals surface area (Å²) in [6, 6.07) is 16.8. The van der Waals surface area contributed by atoms with Crippen molar-refractivity contribution < 1.29 is 19.2 Å². The molecule has 1 aliphatic rings. The molecule has 0 amide bonds. The summed E-state index contributed by atoms with van der Waals surface area (Å²) in [4.78, 5) is 14.0. The fourth-order valence-corrected chi connectivity index (χ4v) is 3.04. The van der Waals surface area contributed by atoms with Crippen molar-refractivity contribution in [1.29, 1.82) is 0 Å². The predicted octanol–water partition coefficient (Wildman–Crippen LogP) is 1.99. The molecule has 132 valence electrons. The first-order valence-corrected chi connectivity index (χ1v) is 9.07. The molecule has 0 aromatic heterocycles. The van der Waals surface area contributed by atoms with E-state index >= 15 is 0 Å². The summed E-state index contributed by atoms with van der Waals surface area (Å²) in [5.41, 5.74) is 1.40. The zero-order valence-corrected chi connectivity index (χ0v) is 14.6. The van der Waals surface area contributed by atoms with Gasteiger partial charge in [-0.15, -0.1) is 0 Å². The molecule has 0 atom stereocenters. The maximum Gasteiger partial charge on any atom is 0.193 e. The lowest BCUT2D eigenvalue weighted by Crippen LogP contribution is -3.14. The molecule has 25 heavy (non-hydrogen) atoms. The molecule has 2 aromatic rings. The number of carbonyl (C=O) groups excluding carboxylic acids is 1. The van der Waals surface area contributed by atoms with Crippen molar-refractivity contribution in [1.82, 2.24) is 0 Å². The highest BCUT2D eigenvalue weighted by Crippen LogP contribution is 2.15. The van der Waals surface area contributed by atoms with E-state index in [9.17, 15) is 4.79 Å². The lowest BCUT2D eigenvalue weighted by Gasteiger charge is -2.23. The van der Waals surface area contributed by atoms with E-state index in [0.29, 0.717) is 11.1 Å². The van der Waals surface area contributed by atoms with Gasteiger partial charge in [-0.05, 0) is 37.1 Å². The normalized spacial score (nSPS) is 15.0. The van der Waals surface area contributed by atoms with Crippen LogP contribution in [0.5, 0.6) is 5.75 Å². The predicted molar refractivity (Wildman–Crippen MR) is 97.4 cm³/mol. The second kappa shape index (κ2) is 9.35. The Morgan fingerprint density at radius 2 is 1.60 bits per heavy atom. The molecule has 0 bridgehead atoms. The van der Waals surface area contributed by atoms with E-state index in [4.69, 9.17) is 9.47 Å². The van der Waals surface area contributed by atoms with E-state index in [1.807, 2.05) is 54.6 Å². The molecule has 1 heterocycles. The Morgan fingerprint density at radius 3 is 2.32 bits per heavy atom. The van der Waals surface area contributed by atoms with Crippen molar-refractivity contribution in [3.63, 3.8) is 0 Å². The fourth-order valence-electron chi connectivity index (χ4n) is 3.04. The molecule has 0 saturated carbocycles. The Bertz CT molecular complexity index is 649. The second-order valence-corrected chi connectivity index (χ2v) is 6.39. The summed E-state index contributed by atoms with van der Waals surface area (Å²) in [6.45, 7) is 5.93. The number of benzene rings is 2. The van der Waals surface area contributed by atoms with Crippen LogP contribution in [0.25, 0.3) is 0 Å². The molecule has 4 nitrogen and oxygen atoms in total. The highest BCUT2D eigenvalue weighted by molar-refractivity contribution is 6.08. The number of ether oxygens (including phenoxy) is 2. The average Bonchev–Trinajstić information content (AvgIpc) is 2.69. The molecular weight excluding hydrogens is 314 g/mol. The number of ketones is 1. The van der Waals surface area contributed by atoms with Crippen molar-refractivity contribution in [2.24, 2.45) is 0 Å². The molecule has 0 unspecified atom stereocenters. The zero-order chi connectivity index (χ0) is 17.3. The van der Waals surface area contributed by atoms with Crippen molar-refractivity contribution >= 4 is 5.78 Å². The Morgan fingerprint density at radius 1 is 0.920 bits per heavy atom. The van der Waals surface area contributed by atoms with Crippen LogP contribution in [0.2, 0.25) is 0 Å². The van der Waals surface area contributed by atoms with Gasteiger partial charge in [-0.1, -0.05) is 30.3 Å². The van der Waals surface area contributed by atoms with Crippen LogP contribution in [0, 0.1) is 0 Å². The summed E-state index contributed by atoms with van der Waals surface area (Å²) >= 11 is 0. The van der Waals surface area contributed by atoms with Crippen LogP contribution in [0.15, 0.2) is 54.6 Å². The van der Waals surface area contributed by atoms with Crippen LogP contribution in [-0.2, 0) is 4.74 Å². The van der Waals surface area contributed by atoms with Gasteiger partial charge in [0.15, 0.2) is 5.78 Å². The van der Waals surface area contributed by atoms with Crippen molar-refractivity contribution in [3.05, 3.63) is 65.7 Å². The quantitative estimate of drug-likeness (QED) is 0.590. The van der Waals surface area contributed by atoms with Crippen LogP contribution in [0.1, 0.15) is 28.8 Å². The number of hydrogen-bond acceptors (Lipinski definition) is 3. The van der Waals surface area contributed by atoms with Gasteiger partial charge in [0.05, 0.1) is 26.4 Å². The SMILES string of the molecule is O=C(c1ccccc1)c1ccc(OCCCC[NH+]2CCOCC2)cc1. The number of quaternary nitrogens is 1. The lowest BCUT2D eigenvalue weighted by atomic mass is 10.0. The topological polar surface area (TPSA) is 40.0 Å². The Labute approximate surface area is 149 Å². The number of unbranched alkanes of at least 4 members (excludes halogenated alkanes) is 1. The standard InChI is InChI=1S/C21H25NO3/c23-21(18-6-2-1-3-7-18)19-8-10-20(11-9-19)25-15-5-4-12-22-13-16-24-17-14-22/h1-3,6-11H,4-5,12-17H2/p+1. The van der Waals surface area contributed by atoms with Gasteiger partial charge in [-0.3, -0.25) is 4.79 Å². The van der Waals surface area contributed by atoms with E-state index in [2.05, 4.69) is 0 Å². The van der Waals surface area contributed by atoms with Gasteiger partial charge in [-0.2, -0.15) is 0 Å². The minimum absolute atomic E-state index is 0.0423. The van der Waals surface area contributed by atoms with Crippen LogP contribution < -0.4 is 9.64 Å². The van der Waals surface area contributed by atoms with Crippen LogP contribution in [0.3, 0.4) is 0 Å². The van der Waals surface area contributed by atoms with E-state index in [1.54, 1.807) is 4.90 Å². The summed E-state index contributed by atoms with van der Waals surface area (Å²) in [7, 11) is 0. The number of hydrogen-bond donors (Lipinski definition) is 1. The maximum atomic E-state index is 12.4. The molecule has 1 aliphatic heterocycles. The molecule has 0 spiro atoms. The van der Waals surface area contributed by atoms with E-state index in [0.717, 1.165) is 45.1 Å². The van der Waals surface area contributed by atoms with E-state index in [1.165, 1.54) is 13.0 Å². The highest BCUT2D eigenvalue weighted by Gasteiger charge is 2.12. The zero-order valence-electron chi connectivity index (χ0n) is 14.6. The number of nitrogens with one attached hydrogen (secondary N) is 1. The minimum atomic E-state index is 0.0423. The van der Waals surface area contributed by atoms with E-state index in [-0.39, 0.29) is 5.78 Å². The first kappa shape index (κ1) is 17.6. The van der Waals surface area contributed by atoms with Crippen LogP contribution in [-0.4, -0.2) is 45.2 Å². The van der Waals surface area contributed by atoms with Gasteiger partial charge in [0.25, 0.3) is 0 Å². The van der Waals surface area contributed by atoms with Gasteiger partial charge < -0.3 is 14.4 Å². The first-order valence-electron chi connectivity index (χ1n) is 9.07. The van der Waals surface area contributed by atoms with E-state index < -0.39 is 0 Å². The molecule has 1 N–H and O–H groups in total. The van der Waals surface area contributed by atoms with Gasteiger partial charge >= 0.3 is 0 Å². The Kier molecular flexibility index (Phi) is 6.60. The van der Waals surface area contributed by atoms with Gasteiger partial charge in [0.2, 0.25) is 0 Å². The maximum absolute atomic E-state index is 12.4. The van der Waals surface area contributed by atoms with Crippen molar-refractivity contribution in [3.8, 4) is 5.75 Å². The third-order valence-electron chi connectivity index (χ3n) is 4.55. The Balaban J connectivity index is 1.39. The number of morpholine rings is 1. The average molecular weight is 340 g/mol. The summed E-state index contributed by atoms with van der Waals surface area (Å²) in [5, 5.41) is 0. The molecule has 0 aliphatic carbocycles. The molecule has 1 saturated heterocycles. The third kappa shape index (κ3) is 5.41. The van der Waals surface area contributed by atoms with Gasteiger partial charge in [-0.25, -0.2) is 0 Å². The van der Waals surface area contributed by atoms with Crippen LogP contribution >= 0.6 is 0 Å². The molecule has 2 aromatic carbocycles. The molecular formula is C21H26NO3+. The minimum Gasteiger partial charge on any atom is -0.494 e. The molecule has 1 fully saturated rings. The van der Waals surface area contributed by atoms with Crippen molar-refractivity contribution in [2.45, 2.75) is 12.8 Å². The van der Waals surface area contributed by atoms with Gasteiger partial charge in [0, 0.05) is 11.1 Å². The second-order valence-electron chi connectivity index (χ2n) is 6.39. The molecule has 4 heteroatoms. The highest BCUT2D eigenvalue weighted by atomic mass is 16.5. The fraction of sp³-hybridized carbons (Fsp3) is 0.381. The monoisotopic (exact) mass is 340 g/mol. The number of rotatable bonds is 8. The smallest absolute Gasteiger partial charge is 0.193 e. The summed E-state index contributed by atoms with van der Waals surface area (Å²) < 4.78 is 11.2. The summed E-state index contributed by atoms with van der Waals surface area (Å²) in [6.07, 6.45) is 2.22. The van der Waals surface area contributed by atoms with Crippen LogP contribution in [0.4, 0.5) is 0 Å². The largest absolute Gasteiger partial charge is 0.494 e. The van der Waals surface area contributed by atoms with Crippen molar-refractivity contribution in [2.75, 3.05) is 39.5 Å². The Hall–Kier alpha value is -2.17. The first-order chi connectivity index (χ1) is 12.3. The molecule has 3 rings (SSSR count). The summed E-state index contributed by atoms with van der Waals surface area (Å²) in [5.74, 6) is 0.865. The third-order valence-corrected chi connectivity index (χ3v) is 4.55. The lowest BCUT2D eigenvalue weighted by molar-refractivity contribution is -0.908. The van der Waals surface area contributed by atoms with Gasteiger partial charge in [0.1, 0.15) is 18.8 Å². The number of carbonyl (C=O) groups is 1.